The molecule has 1 unspecified atom stereocenters. The number of likely N-dealkylation sites (N-methyl/N-ethyl adjacent to an activating group) is 1. The van der Waals surface area contributed by atoms with Crippen molar-refractivity contribution in [1.29, 1.82) is 0 Å². The Morgan fingerprint density at radius 1 is 1.67 bits per heavy atom. The second-order valence-corrected chi connectivity index (χ2v) is 2.06. The Hall–Kier alpha value is -0.850. The fourth-order valence-corrected chi connectivity index (χ4v) is 0.586. The van der Waals surface area contributed by atoms with Crippen LogP contribution in [0, 0.1) is 0 Å². The Morgan fingerprint density at radius 2 is 2.33 bits per heavy atom. The van der Waals surface area contributed by atoms with Crippen molar-refractivity contribution < 1.29 is 19.7 Å². The summed E-state index contributed by atoms with van der Waals surface area (Å²) in [5.41, 5.74) is 0. The molecule has 0 radical (unpaired) electrons. The molecule has 0 aromatic carbocycles. The standard InChI is InChI=1S/C6H14N2O4/c1-7-5(4-9)12-3-2-8-6(10)11/h5,7-9H,2-4H2,1H3,(H,10,11). The van der Waals surface area contributed by atoms with Crippen LogP contribution in [0.2, 0.25) is 0 Å². The summed E-state index contributed by atoms with van der Waals surface area (Å²) >= 11 is 0. The van der Waals surface area contributed by atoms with Crippen LogP contribution in [0.25, 0.3) is 0 Å². The number of aliphatic hydroxyl groups excluding tert-OH is 1. The molecule has 1 amide bonds. The highest BCUT2D eigenvalue weighted by Crippen LogP contribution is 1.82. The van der Waals surface area contributed by atoms with Crippen LogP contribution in [0.15, 0.2) is 0 Å². The van der Waals surface area contributed by atoms with Crippen molar-refractivity contribution in [2.24, 2.45) is 0 Å². The predicted molar refractivity (Wildman–Crippen MR) is 41.9 cm³/mol. The topological polar surface area (TPSA) is 90.8 Å². The molecule has 0 aromatic rings. The molecule has 12 heavy (non-hydrogen) atoms. The first-order valence-corrected chi connectivity index (χ1v) is 3.57. The highest BCUT2D eigenvalue weighted by atomic mass is 16.5. The second kappa shape index (κ2) is 6.84. The quantitative estimate of drug-likeness (QED) is 0.303. The van der Waals surface area contributed by atoms with Crippen molar-refractivity contribution in [3.8, 4) is 0 Å². The number of amides is 1. The van der Waals surface area contributed by atoms with Crippen LogP contribution in [0.5, 0.6) is 0 Å². The maximum absolute atomic E-state index is 9.95. The van der Waals surface area contributed by atoms with Crippen LogP contribution >= 0.6 is 0 Å². The van der Waals surface area contributed by atoms with Crippen molar-refractivity contribution in [3.05, 3.63) is 0 Å². The molecule has 0 aliphatic carbocycles. The largest absolute Gasteiger partial charge is 0.465 e. The molecule has 0 aliphatic heterocycles. The molecule has 0 spiro atoms. The summed E-state index contributed by atoms with van der Waals surface area (Å²) in [6.45, 7) is 0.315. The number of hydrogen-bond donors (Lipinski definition) is 4. The van der Waals surface area contributed by atoms with Crippen LogP contribution in [0.3, 0.4) is 0 Å². The first-order valence-electron chi connectivity index (χ1n) is 3.57. The average molecular weight is 178 g/mol. The van der Waals surface area contributed by atoms with E-state index in [0.29, 0.717) is 0 Å². The SMILES string of the molecule is CNC(CO)OCCNC(=O)O. The van der Waals surface area contributed by atoms with E-state index in [1.54, 1.807) is 7.05 Å². The molecular formula is C6H14N2O4. The predicted octanol–water partition coefficient (Wildman–Crippen LogP) is -1.19. The van der Waals surface area contributed by atoms with Gasteiger partial charge in [-0.1, -0.05) is 0 Å². The first-order chi connectivity index (χ1) is 5.70. The highest BCUT2D eigenvalue weighted by Gasteiger charge is 2.02. The van der Waals surface area contributed by atoms with E-state index < -0.39 is 12.3 Å². The lowest BCUT2D eigenvalue weighted by atomic mass is 10.6. The zero-order chi connectivity index (χ0) is 9.40. The van der Waals surface area contributed by atoms with E-state index in [2.05, 4.69) is 10.6 Å². The van der Waals surface area contributed by atoms with Gasteiger partial charge in [-0.25, -0.2) is 4.79 Å². The lowest BCUT2D eigenvalue weighted by Gasteiger charge is -2.13. The van der Waals surface area contributed by atoms with Gasteiger partial charge >= 0.3 is 6.09 Å². The molecule has 4 N–H and O–H groups in total. The molecule has 0 aliphatic rings. The van der Waals surface area contributed by atoms with Crippen molar-refractivity contribution in [2.75, 3.05) is 26.8 Å². The highest BCUT2D eigenvalue weighted by molar-refractivity contribution is 5.64. The van der Waals surface area contributed by atoms with E-state index >= 15 is 0 Å². The molecule has 6 nitrogen and oxygen atoms in total. The van der Waals surface area contributed by atoms with Gasteiger partial charge in [-0.05, 0) is 7.05 Å². The molecule has 0 saturated heterocycles. The van der Waals surface area contributed by atoms with Gasteiger partial charge < -0.3 is 20.3 Å². The van der Waals surface area contributed by atoms with Gasteiger partial charge in [0.1, 0.15) is 6.23 Å². The van der Waals surface area contributed by atoms with Crippen LogP contribution in [0.4, 0.5) is 4.79 Å². The molecule has 0 saturated carbocycles. The van der Waals surface area contributed by atoms with Crippen molar-refractivity contribution >= 4 is 6.09 Å². The maximum Gasteiger partial charge on any atom is 0.404 e. The molecule has 0 heterocycles. The number of nitrogens with one attached hydrogen (secondary N) is 2. The Kier molecular flexibility index (Phi) is 6.35. The average Bonchev–Trinajstić information content (AvgIpc) is 2.04. The van der Waals surface area contributed by atoms with Crippen molar-refractivity contribution in [1.82, 2.24) is 10.6 Å². The molecular weight excluding hydrogens is 164 g/mol. The van der Waals surface area contributed by atoms with E-state index in [0.717, 1.165) is 0 Å². The van der Waals surface area contributed by atoms with E-state index in [4.69, 9.17) is 14.9 Å². The summed E-state index contributed by atoms with van der Waals surface area (Å²) in [6.07, 6.45) is -1.51. The third-order valence-electron chi connectivity index (χ3n) is 1.19. The van der Waals surface area contributed by atoms with Crippen LogP contribution in [-0.4, -0.2) is 49.3 Å². The minimum absolute atomic E-state index is 0.135. The summed E-state index contributed by atoms with van der Waals surface area (Å²) < 4.78 is 5.00. The summed E-state index contributed by atoms with van der Waals surface area (Å²) in [5.74, 6) is 0. The number of aliphatic hydroxyl groups is 1. The lowest BCUT2D eigenvalue weighted by Crippen LogP contribution is -2.35. The molecule has 0 rings (SSSR count). The summed E-state index contributed by atoms with van der Waals surface area (Å²) in [7, 11) is 1.64. The zero-order valence-electron chi connectivity index (χ0n) is 6.91. The molecule has 0 aromatic heterocycles. The fraction of sp³-hybridized carbons (Fsp3) is 0.833. The van der Waals surface area contributed by atoms with Crippen LogP contribution < -0.4 is 10.6 Å². The Balaban J connectivity index is 3.23. The van der Waals surface area contributed by atoms with Crippen molar-refractivity contribution in [2.45, 2.75) is 6.23 Å². The van der Waals surface area contributed by atoms with Gasteiger partial charge in [0, 0.05) is 6.54 Å². The van der Waals surface area contributed by atoms with Gasteiger partial charge in [0.25, 0.3) is 0 Å². The Bertz CT molecular complexity index is 127. The molecule has 0 fully saturated rings. The first kappa shape index (κ1) is 11.2. The molecule has 1 atom stereocenters. The number of carbonyl (C=O) groups is 1. The molecule has 0 bridgehead atoms. The van der Waals surface area contributed by atoms with Gasteiger partial charge in [0.2, 0.25) is 0 Å². The van der Waals surface area contributed by atoms with E-state index in [1.807, 2.05) is 0 Å². The normalized spacial score (nSPS) is 12.5. The number of carboxylic acid groups (broad SMARTS) is 1. The van der Waals surface area contributed by atoms with E-state index in [1.165, 1.54) is 0 Å². The summed E-state index contributed by atoms with van der Waals surface area (Å²) in [4.78, 5) is 9.95. The summed E-state index contributed by atoms with van der Waals surface area (Å²) in [6, 6.07) is 0. The Labute approximate surface area is 70.5 Å². The minimum atomic E-state index is -1.08. The van der Waals surface area contributed by atoms with Crippen LogP contribution in [0.1, 0.15) is 0 Å². The number of rotatable bonds is 6. The second-order valence-electron chi connectivity index (χ2n) is 2.06. The molecule has 6 heteroatoms. The maximum atomic E-state index is 9.95. The fourth-order valence-electron chi connectivity index (χ4n) is 0.586. The minimum Gasteiger partial charge on any atom is -0.465 e. The van der Waals surface area contributed by atoms with Gasteiger partial charge in [-0.2, -0.15) is 0 Å². The molecule has 72 valence electrons. The van der Waals surface area contributed by atoms with Gasteiger partial charge in [0.15, 0.2) is 0 Å². The monoisotopic (exact) mass is 178 g/mol. The van der Waals surface area contributed by atoms with Gasteiger partial charge in [-0.15, -0.1) is 0 Å². The number of ether oxygens (including phenoxy) is 1. The zero-order valence-corrected chi connectivity index (χ0v) is 6.91. The van der Waals surface area contributed by atoms with Crippen molar-refractivity contribution in [3.63, 3.8) is 0 Å². The lowest BCUT2D eigenvalue weighted by molar-refractivity contribution is -0.00129. The van der Waals surface area contributed by atoms with Gasteiger partial charge in [-0.3, -0.25) is 5.32 Å². The van der Waals surface area contributed by atoms with E-state index in [9.17, 15) is 4.79 Å². The van der Waals surface area contributed by atoms with Gasteiger partial charge in [0.05, 0.1) is 13.2 Å². The van der Waals surface area contributed by atoms with Crippen LogP contribution in [-0.2, 0) is 4.74 Å². The summed E-state index contributed by atoms with van der Waals surface area (Å²) in [5, 5.41) is 21.6. The smallest absolute Gasteiger partial charge is 0.404 e. The van der Waals surface area contributed by atoms with E-state index in [-0.39, 0.29) is 19.8 Å². The Morgan fingerprint density at radius 3 is 2.75 bits per heavy atom. The third-order valence-corrected chi connectivity index (χ3v) is 1.19. The third kappa shape index (κ3) is 5.90. The number of hydrogen-bond acceptors (Lipinski definition) is 4.